The van der Waals surface area contributed by atoms with E-state index in [1.54, 1.807) is 6.07 Å². The molecule has 1 aromatic heterocycles. The number of hydrogen-bond acceptors (Lipinski definition) is 3. The van der Waals surface area contributed by atoms with Gasteiger partial charge in [0.15, 0.2) is 6.61 Å². The number of aromatic nitrogens is 1. The standard InChI is InChI=1S/C30H36N2O4/c31-30(35)23-10-5-6-11-24-28(23)29-25(12-7-13-26(29)36-19-27(33)34)32(24)18-20-14-16-22(17-15-20)21-8-3-1-2-4-9-21/h7,12-17,21,23H,1-6,8-11,18-19H2,(H2,31,35)(H,33,34). The highest BCUT2D eigenvalue weighted by atomic mass is 16.5. The van der Waals surface area contributed by atoms with Crippen LogP contribution in [-0.4, -0.2) is 28.2 Å². The van der Waals surface area contributed by atoms with Gasteiger partial charge in [0.1, 0.15) is 5.75 Å². The molecule has 36 heavy (non-hydrogen) atoms. The second-order valence-electron chi connectivity index (χ2n) is 10.4. The molecule has 6 nitrogen and oxygen atoms in total. The molecule has 3 aromatic rings. The number of aliphatic carboxylic acids is 1. The molecule has 1 amide bonds. The van der Waals surface area contributed by atoms with Crippen molar-refractivity contribution in [2.24, 2.45) is 5.73 Å². The summed E-state index contributed by atoms with van der Waals surface area (Å²) in [4.78, 5) is 23.8. The molecule has 2 aliphatic carbocycles. The lowest BCUT2D eigenvalue weighted by molar-refractivity contribution is -0.139. The maximum atomic E-state index is 12.5. The molecule has 5 rings (SSSR count). The van der Waals surface area contributed by atoms with Gasteiger partial charge in [-0.15, -0.1) is 0 Å². The fourth-order valence-electron chi connectivity index (χ4n) is 6.30. The van der Waals surface area contributed by atoms with E-state index in [2.05, 4.69) is 28.8 Å². The molecule has 1 saturated carbocycles. The van der Waals surface area contributed by atoms with E-state index >= 15 is 0 Å². The van der Waals surface area contributed by atoms with Gasteiger partial charge in [0.2, 0.25) is 5.91 Å². The molecule has 6 heteroatoms. The maximum absolute atomic E-state index is 12.5. The van der Waals surface area contributed by atoms with Gasteiger partial charge in [-0.2, -0.15) is 0 Å². The number of fused-ring (bicyclic) bond motifs is 3. The normalized spacial score (nSPS) is 18.8. The van der Waals surface area contributed by atoms with Crippen molar-refractivity contribution in [1.82, 2.24) is 4.57 Å². The Bertz CT molecular complexity index is 1240. The minimum Gasteiger partial charge on any atom is -0.481 e. The van der Waals surface area contributed by atoms with Gasteiger partial charge in [0.25, 0.3) is 0 Å². The van der Waals surface area contributed by atoms with Crippen molar-refractivity contribution in [3.8, 4) is 5.75 Å². The zero-order valence-corrected chi connectivity index (χ0v) is 20.9. The molecule has 3 N–H and O–H groups in total. The van der Waals surface area contributed by atoms with Crippen molar-refractivity contribution in [3.63, 3.8) is 0 Å². The lowest BCUT2D eigenvalue weighted by atomic mass is 9.91. The van der Waals surface area contributed by atoms with Crippen LogP contribution in [0.3, 0.4) is 0 Å². The van der Waals surface area contributed by atoms with Crippen LogP contribution in [0, 0.1) is 0 Å². The number of rotatable bonds is 7. The second-order valence-corrected chi connectivity index (χ2v) is 10.4. The van der Waals surface area contributed by atoms with Crippen LogP contribution in [0.25, 0.3) is 10.9 Å². The number of primary amides is 1. The number of carboxylic acids is 1. The molecule has 2 aliphatic rings. The predicted molar refractivity (Wildman–Crippen MR) is 141 cm³/mol. The van der Waals surface area contributed by atoms with E-state index in [-0.39, 0.29) is 5.91 Å². The number of benzene rings is 2. The van der Waals surface area contributed by atoms with Crippen molar-refractivity contribution in [1.29, 1.82) is 0 Å². The molecule has 1 unspecified atom stereocenters. The van der Waals surface area contributed by atoms with Crippen LogP contribution in [0.4, 0.5) is 0 Å². The summed E-state index contributed by atoms with van der Waals surface area (Å²) < 4.78 is 8.00. The average molecular weight is 489 g/mol. The molecule has 0 aliphatic heterocycles. The smallest absolute Gasteiger partial charge is 0.341 e. The summed E-state index contributed by atoms with van der Waals surface area (Å²) in [6.45, 7) is 0.258. The summed E-state index contributed by atoms with van der Waals surface area (Å²) in [5.41, 5.74) is 11.5. The topological polar surface area (TPSA) is 94.6 Å². The van der Waals surface area contributed by atoms with E-state index in [4.69, 9.17) is 10.5 Å². The van der Waals surface area contributed by atoms with Gasteiger partial charge in [-0.3, -0.25) is 4.79 Å². The zero-order valence-electron chi connectivity index (χ0n) is 20.9. The highest BCUT2D eigenvalue weighted by molar-refractivity contribution is 5.97. The molecule has 1 heterocycles. The lowest BCUT2D eigenvalue weighted by Crippen LogP contribution is -2.21. The first-order valence-electron chi connectivity index (χ1n) is 13.4. The summed E-state index contributed by atoms with van der Waals surface area (Å²) in [5, 5.41) is 10.0. The third-order valence-electron chi connectivity index (χ3n) is 8.05. The molecule has 1 atom stereocenters. The van der Waals surface area contributed by atoms with Gasteiger partial charge in [-0.25, -0.2) is 4.79 Å². The Kier molecular flexibility index (Phi) is 7.30. The molecule has 0 radical (unpaired) electrons. The Balaban J connectivity index is 1.55. The average Bonchev–Trinajstić information content (AvgIpc) is 3.11. The quantitative estimate of drug-likeness (QED) is 0.320. The fourth-order valence-corrected chi connectivity index (χ4v) is 6.30. The number of carboxylic acid groups (broad SMARTS) is 1. The summed E-state index contributed by atoms with van der Waals surface area (Å²) in [6.07, 6.45) is 11.4. The Hall–Kier alpha value is -3.28. The Morgan fingerprint density at radius 2 is 1.67 bits per heavy atom. The number of hydrogen-bond donors (Lipinski definition) is 2. The van der Waals surface area contributed by atoms with Crippen LogP contribution < -0.4 is 10.5 Å². The van der Waals surface area contributed by atoms with Crippen molar-refractivity contribution in [2.75, 3.05) is 6.61 Å². The monoisotopic (exact) mass is 488 g/mol. The van der Waals surface area contributed by atoms with Gasteiger partial charge < -0.3 is 20.1 Å². The third-order valence-corrected chi connectivity index (χ3v) is 8.05. The number of carbonyl (C=O) groups is 2. The summed E-state index contributed by atoms with van der Waals surface area (Å²) in [7, 11) is 0. The minimum atomic E-state index is -1.03. The number of carbonyl (C=O) groups excluding carboxylic acids is 1. The van der Waals surface area contributed by atoms with Crippen molar-refractivity contribution < 1.29 is 19.4 Å². The molecule has 0 spiro atoms. The molecular weight excluding hydrogens is 452 g/mol. The van der Waals surface area contributed by atoms with Crippen molar-refractivity contribution >= 4 is 22.8 Å². The number of nitrogens with zero attached hydrogens (tertiary/aromatic N) is 1. The van der Waals surface area contributed by atoms with E-state index < -0.39 is 18.5 Å². The molecule has 0 bridgehead atoms. The number of amides is 1. The Morgan fingerprint density at radius 1 is 0.944 bits per heavy atom. The van der Waals surface area contributed by atoms with Crippen LogP contribution in [0.1, 0.15) is 92.0 Å². The summed E-state index contributed by atoms with van der Waals surface area (Å²) >= 11 is 0. The SMILES string of the molecule is NC(=O)C1CCCCc2c1c1c(OCC(=O)O)cccc1n2Cc1ccc(C2CCCCCC2)cc1. The van der Waals surface area contributed by atoms with E-state index in [9.17, 15) is 14.7 Å². The van der Waals surface area contributed by atoms with Gasteiger partial charge in [-0.1, -0.05) is 62.4 Å². The van der Waals surface area contributed by atoms with Crippen LogP contribution in [0.15, 0.2) is 42.5 Å². The van der Waals surface area contributed by atoms with Crippen LogP contribution in [0.5, 0.6) is 5.75 Å². The van der Waals surface area contributed by atoms with E-state index in [1.165, 1.54) is 49.7 Å². The Labute approximate surface area is 212 Å². The Morgan fingerprint density at radius 3 is 2.36 bits per heavy atom. The van der Waals surface area contributed by atoms with Gasteiger partial charge in [0.05, 0.1) is 11.4 Å². The van der Waals surface area contributed by atoms with E-state index in [1.807, 2.05) is 12.1 Å². The van der Waals surface area contributed by atoms with Gasteiger partial charge in [0, 0.05) is 17.6 Å². The highest BCUT2D eigenvalue weighted by Crippen LogP contribution is 2.42. The first kappa shape index (κ1) is 24.4. The summed E-state index contributed by atoms with van der Waals surface area (Å²) in [6, 6.07) is 14.8. The predicted octanol–water partition coefficient (Wildman–Crippen LogP) is 5.89. The lowest BCUT2D eigenvalue weighted by Gasteiger charge is -2.16. The van der Waals surface area contributed by atoms with E-state index in [0.29, 0.717) is 24.6 Å². The minimum absolute atomic E-state index is 0.335. The van der Waals surface area contributed by atoms with Crippen LogP contribution in [0.2, 0.25) is 0 Å². The highest BCUT2D eigenvalue weighted by Gasteiger charge is 2.31. The molecule has 2 aromatic carbocycles. The fraction of sp³-hybridized carbons (Fsp3) is 0.467. The maximum Gasteiger partial charge on any atom is 0.341 e. The second kappa shape index (κ2) is 10.8. The van der Waals surface area contributed by atoms with Crippen molar-refractivity contribution in [2.45, 2.75) is 82.6 Å². The molecule has 0 saturated heterocycles. The van der Waals surface area contributed by atoms with Crippen molar-refractivity contribution in [3.05, 3.63) is 64.8 Å². The van der Waals surface area contributed by atoms with E-state index in [0.717, 1.165) is 41.4 Å². The summed E-state index contributed by atoms with van der Waals surface area (Å²) in [5.74, 6) is -0.605. The van der Waals surface area contributed by atoms with Crippen LogP contribution in [-0.2, 0) is 22.6 Å². The number of ether oxygens (including phenoxy) is 1. The van der Waals surface area contributed by atoms with Gasteiger partial charge >= 0.3 is 5.97 Å². The number of nitrogens with two attached hydrogens (primary N) is 1. The first-order chi connectivity index (χ1) is 17.5. The largest absolute Gasteiger partial charge is 0.481 e. The molecule has 190 valence electrons. The molecular formula is C30H36N2O4. The zero-order chi connectivity index (χ0) is 25.1. The van der Waals surface area contributed by atoms with Crippen LogP contribution >= 0.6 is 0 Å². The molecule has 1 fully saturated rings. The third kappa shape index (κ3) is 4.99. The van der Waals surface area contributed by atoms with Gasteiger partial charge in [-0.05, 0) is 66.8 Å². The first-order valence-corrected chi connectivity index (χ1v) is 13.4.